The number of rotatable bonds is 3. The number of imidazole rings is 1. The molecule has 0 fully saturated rings. The van der Waals surface area contributed by atoms with E-state index in [0.717, 1.165) is 0 Å². The fourth-order valence-electron chi connectivity index (χ4n) is 0.784. The van der Waals surface area contributed by atoms with Crippen molar-refractivity contribution in [2.45, 2.75) is 26.5 Å². The van der Waals surface area contributed by atoms with Crippen LogP contribution in [-0.2, 0) is 16.1 Å². The predicted molar refractivity (Wildman–Crippen MR) is 42.3 cm³/mol. The lowest BCUT2D eigenvalue weighted by atomic mass is 10.5. The van der Waals surface area contributed by atoms with E-state index in [9.17, 15) is 4.79 Å². The molecule has 1 aromatic rings. The van der Waals surface area contributed by atoms with Crippen LogP contribution in [0.25, 0.3) is 0 Å². The highest BCUT2D eigenvalue weighted by Gasteiger charge is 2.04. The van der Waals surface area contributed by atoms with Gasteiger partial charge in [0.05, 0.1) is 12.4 Å². The summed E-state index contributed by atoms with van der Waals surface area (Å²) >= 11 is 0. The molecule has 0 amide bonds. The van der Waals surface area contributed by atoms with Gasteiger partial charge in [0, 0.05) is 6.20 Å². The minimum Gasteiger partial charge on any atom is -0.462 e. The third-order valence-corrected chi connectivity index (χ3v) is 1.18. The molecule has 4 nitrogen and oxygen atoms in total. The van der Waals surface area contributed by atoms with Gasteiger partial charge in [0.15, 0.2) is 0 Å². The van der Waals surface area contributed by atoms with Gasteiger partial charge in [0.2, 0.25) is 0 Å². The molecule has 0 bridgehead atoms. The van der Waals surface area contributed by atoms with Gasteiger partial charge in [-0.3, -0.25) is 4.79 Å². The number of nitrogens with zero attached hydrogens (tertiary/aromatic N) is 2. The summed E-state index contributed by atoms with van der Waals surface area (Å²) < 4.78 is 6.54. The van der Waals surface area contributed by atoms with Crippen LogP contribution >= 0.6 is 0 Å². The van der Waals surface area contributed by atoms with Crippen molar-refractivity contribution in [3.05, 3.63) is 18.7 Å². The van der Waals surface area contributed by atoms with Crippen LogP contribution in [-0.4, -0.2) is 21.6 Å². The molecular formula is C8H11N2O2. The minimum atomic E-state index is -0.253. The first-order chi connectivity index (χ1) is 5.68. The normalized spacial score (nSPS) is 10.2. The van der Waals surface area contributed by atoms with E-state index in [4.69, 9.17) is 4.74 Å². The van der Waals surface area contributed by atoms with Crippen molar-refractivity contribution in [2.75, 3.05) is 0 Å². The van der Waals surface area contributed by atoms with E-state index < -0.39 is 0 Å². The molecule has 0 saturated carbocycles. The van der Waals surface area contributed by atoms with Gasteiger partial charge in [-0.2, -0.15) is 0 Å². The van der Waals surface area contributed by atoms with Crippen molar-refractivity contribution in [1.82, 2.24) is 9.55 Å². The van der Waals surface area contributed by atoms with Crippen molar-refractivity contribution in [3.63, 3.8) is 0 Å². The van der Waals surface area contributed by atoms with Crippen LogP contribution in [0.3, 0.4) is 0 Å². The van der Waals surface area contributed by atoms with Crippen LogP contribution in [0.15, 0.2) is 12.5 Å². The molecule has 0 aromatic carbocycles. The monoisotopic (exact) mass is 167 g/mol. The van der Waals surface area contributed by atoms with Gasteiger partial charge in [-0.25, -0.2) is 4.98 Å². The Morgan fingerprint density at radius 2 is 2.50 bits per heavy atom. The third kappa shape index (κ3) is 2.74. The van der Waals surface area contributed by atoms with Crippen LogP contribution in [0.4, 0.5) is 0 Å². The van der Waals surface area contributed by atoms with Gasteiger partial charge < -0.3 is 9.30 Å². The maximum absolute atomic E-state index is 11.0. The lowest BCUT2D eigenvalue weighted by molar-refractivity contribution is -0.148. The Bertz CT molecular complexity index is 242. The fourth-order valence-corrected chi connectivity index (χ4v) is 0.784. The number of carbonyl (C=O) groups excluding carboxylic acids is 1. The van der Waals surface area contributed by atoms with Crippen LogP contribution in [0.1, 0.15) is 13.8 Å². The summed E-state index contributed by atoms with van der Waals surface area (Å²) in [4.78, 5) is 14.7. The zero-order valence-electron chi connectivity index (χ0n) is 7.15. The molecule has 4 heteroatoms. The summed E-state index contributed by atoms with van der Waals surface area (Å²) in [5, 5.41) is 0. The fraction of sp³-hybridized carbons (Fsp3) is 0.500. The lowest BCUT2D eigenvalue weighted by Crippen LogP contribution is -2.16. The second-order valence-electron chi connectivity index (χ2n) is 2.71. The Balaban J connectivity index is 2.37. The first kappa shape index (κ1) is 8.77. The van der Waals surface area contributed by atoms with Crippen LogP contribution in [0.2, 0.25) is 0 Å². The van der Waals surface area contributed by atoms with Crippen molar-refractivity contribution >= 4 is 5.97 Å². The molecule has 0 N–H and O–H groups in total. The minimum absolute atomic E-state index is 0.0648. The molecule has 65 valence electrons. The molecule has 1 radical (unpaired) electrons. The van der Waals surface area contributed by atoms with E-state index in [1.54, 1.807) is 10.8 Å². The highest BCUT2D eigenvalue weighted by atomic mass is 16.5. The van der Waals surface area contributed by atoms with E-state index in [-0.39, 0.29) is 18.6 Å². The summed E-state index contributed by atoms with van der Waals surface area (Å²) in [5.41, 5.74) is 0. The van der Waals surface area contributed by atoms with Gasteiger partial charge in [0.1, 0.15) is 12.7 Å². The Labute approximate surface area is 71.2 Å². The molecule has 0 unspecified atom stereocenters. The van der Waals surface area contributed by atoms with E-state index in [1.165, 1.54) is 6.33 Å². The van der Waals surface area contributed by atoms with Gasteiger partial charge in [0.25, 0.3) is 0 Å². The van der Waals surface area contributed by atoms with E-state index in [2.05, 4.69) is 11.2 Å². The molecule has 1 heterocycles. The highest BCUT2D eigenvalue weighted by molar-refractivity contribution is 5.69. The van der Waals surface area contributed by atoms with Crippen LogP contribution in [0.5, 0.6) is 0 Å². The predicted octanol–water partition coefficient (Wildman–Crippen LogP) is 0.635. The third-order valence-electron chi connectivity index (χ3n) is 1.18. The molecule has 0 atom stereocenters. The molecule has 0 aliphatic heterocycles. The Kier molecular flexibility index (Phi) is 2.85. The number of esters is 1. The van der Waals surface area contributed by atoms with Crippen molar-refractivity contribution in [3.8, 4) is 0 Å². The molecule has 0 saturated heterocycles. The average Bonchev–Trinajstić information content (AvgIpc) is 2.37. The van der Waals surface area contributed by atoms with E-state index in [1.807, 2.05) is 13.8 Å². The highest BCUT2D eigenvalue weighted by Crippen LogP contribution is 1.92. The van der Waals surface area contributed by atoms with Crippen molar-refractivity contribution in [2.24, 2.45) is 0 Å². The molecule has 1 aromatic heterocycles. The second kappa shape index (κ2) is 3.90. The van der Waals surface area contributed by atoms with Gasteiger partial charge >= 0.3 is 5.97 Å². The first-order valence-electron chi connectivity index (χ1n) is 3.76. The SMILES string of the molecule is CC(C)OC(=O)Cn1c[c]nc1. The Hall–Kier alpha value is -1.32. The van der Waals surface area contributed by atoms with E-state index in [0.29, 0.717) is 0 Å². The van der Waals surface area contributed by atoms with Gasteiger partial charge in [-0.1, -0.05) is 0 Å². The quantitative estimate of drug-likeness (QED) is 0.620. The zero-order valence-corrected chi connectivity index (χ0v) is 7.15. The number of aromatic nitrogens is 2. The van der Waals surface area contributed by atoms with Gasteiger partial charge in [-0.15, -0.1) is 0 Å². The molecular weight excluding hydrogens is 156 g/mol. The summed E-state index contributed by atoms with van der Waals surface area (Å²) in [5.74, 6) is -0.253. The van der Waals surface area contributed by atoms with Gasteiger partial charge in [-0.05, 0) is 13.8 Å². The number of hydrogen-bond donors (Lipinski definition) is 0. The average molecular weight is 167 g/mol. The molecule has 1 rings (SSSR count). The maximum Gasteiger partial charge on any atom is 0.326 e. The Morgan fingerprint density at radius 3 is 3.00 bits per heavy atom. The lowest BCUT2D eigenvalue weighted by Gasteiger charge is -2.07. The van der Waals surface area contributed by atoms with Crippen molar-refractivity contribution in [1.29, 1.82) is 0 Å². The molecule has 0 spiro atoms. The van der Waals surface area contributed by atoms with Crippen LogP contribution in [0, 0.1) is 6.20 Å². The van der Waals surface area contributed by atoms with Crippen LogP contribution < -0.4 is 0 Å². The number of ether oxygens (including phenoxy) is 1. The summed E-state index contributed by atoms with van der Waals surface area (Å²) in [6, 6.07) is 0. The Morgan fingerprint density at radius 1 is 1.75 bits per heavy atom. The largest absolute Gasteiger partial charge is 0.462 e. The standard InChI is InChI=1S/C8H11N2O2/c1-7(2)12-8(11)5-10-4-3-9-6-10/h4,6-7H,5H2,1-2H3. The second-order valence-corrected chi connectivity index (χ2v) is 2.71. The molecule has 0 aliphatic carbocycles. The number of carbonyl (C=O) groups is 1. The van der Waals surface area contributed by atoms with E-state index >= 15 is 0 Å². The molecule has 12 heavy (non-hydrogen) atoms. The van der Waals surface area contributed by atoms with Crippen molar-refractivity contribution < 1.29 is 9.53 Å². The summed E-state index contributed by atoms with van der Waals surface area (Å²) in [6.07, 6.45) is 5.66. The number of hydrogen-bond acceptors (Lipinski definition) is 3. The maximum atomic E-state index is 11.0. The smallest absolute Gasteiger partial charge is 0.326 e. The summed E-state index contributed by atoms with van der Waals surface area (Å²) in [7, 11) is 0. The summed E-state index contributed by atoms with van der Waals surface area (Å²) in [6.45, 7) is 3.84. The topological polar surface area (TPSA) is 44.1 Å². The first-order valence-corrected chi connectivity index (χ1v) is 3.76. The molecule has 0 aliphatic rings. The zero-order chi connectivity index (χ0) is 8.97.